The predicted molar refractivity (Wildman–Crippen MR) is 91.0 cm³/mol. The summed E-state index contributed by atoms with van der Waals surface area (Å²) in [5, 5.41) is 2.10. The van der Waals surface area contributed by atoms with Crippen LogP contribution in [0, 0.1) is 6.92 Å². The Morgan fingerprint density at radius 3 is 2.54 bits per heavy atom. The summed E-state index contributed by atoms with van der Waals surface area (Å²) in [5.41, 5.74) is 0.501. The van der Waals surface area contributed by atoms with Crippen LogP contribution in [-0.4, -0.2) is 16.7 Å². The molecule has 2 rings (SSSR count). The zero-order valence-electron chi connectivity index (χ0n) is 14.1. The third kappa shape index (κ3) is 5.05. The lowest BCUT2D eigenvalue weighted by Gasteiger charge is -2.13. The van der Waals surface area contributed by atoms with Gasteiger partial charge in [-0.2, -0.15) is 13.2 Å². The molecule has 1 heterocycles. The summed E-state index contributed by atoms with van der Waals surface area (Å²) in [4.78, 5) is 27.7. The second kappa shape index (κ2) is 7.86. The van der Waals surface area contributed by atoms with Gasteiger partial charge < -0.3 is 5.32 Å². The van der Waals surface area contributed by atoms with Gasteiger partial charge in [0.25, 0.3) is 5.91 Å². The molecule has 0 atom stereocenters. The summed E-state index contributed by atoms with van der Waals surface area (Å²) in [7, 11) is 0. The number of carbonyl (C=O) groups is 2. The number of halogens is 4. The highest BCUT2D eigenvalue weighted by molar-refractivity contribution is 6.32. The predicted octanol–water partition coefficient (Wildman–Crippen LogP) is 4.12. The molecule has 0 bridgehead atoms. The number of pyridine rings is 1. The van der Waals surface area contributed by atoms with Crippen molar-refractivity contribution in [3.05, 3.63) is 63.4 Å². The van der Waals surface area contributed by atoms with Crippen LogP contribution in [0.1, 0.15) is 39.8 Å². The van der Waals surface area contributed by atoms with Crippen molar-refractivity contribution in [2.24, 2.45) is 0 Å². The first kappa shape index (κ1) is 19.9. The number of hydrogen-bond donors (Lipinski definition) is 1. The van der Waals surface area contributed by atoms with Crippen molar-refractivity contribution in [1.82, 2.24) is 10.3 Å². The monoisotopic (exact) mass is 384 g/mol. The average molecular weight is 385 g/mol. The minimum Gasteiger partial charge on any atom is -0.348 e. The number of aryl methyl sites for hydroxylation is 1. The van der Waals surface area contributed by atoms with E-state index in [4.69, 9.17) is 11.6 Å². The maximum Gasteiger partial charge on any atom is 0.417 e. The number of rotatable bonds is 5. The van der Waals surface area contributed by atoms with Crippen LogP contribution in [0.15, 0.2) is 30.3 Å². The molecule has 0 unspecified atom stereocenters. The fourth-order valence-electron chi connectivity index (χ4n) is 2.43. The van der Waals surface area contributed by atoms with E-state index in [-0.39, 0.29) is 29.9 Å². The molecular formula is C18H16ClF3N2O2. The summed E-state index contributed by atoms with van der Waals surface area (Å²) in [6, 6.07) is 6.55. The third-order valence-electron chi connectivity index (χ3n) is 3.52. The Bertz CT molecular complexity index is 851. The molecule has 1 amide bonds. The summed E-state index contributed by atoms with van der Waals surface area (Å²) < 4.78 is 38.6. The normalized spacial score (nSPS) is 11.3. The maximum atomic E-state index is 12.9. The van der Waals surface area contributed by atoms with Crippen LogP contribution in [0.3, 0.4) is 0 Å². The summed E-state index contributed by atoms with van der Waals surface area (Å²) in [6.45, 7) is 2.94. The van der Waals surface area contributed by atoms with Crippen LogP contribution in [0.2, 0.25) is 5.02 Å². The van der Waals surface area contributed by atoms with E-state index in [1.54, 1.807) is 6.92 Å². The summed E-state index contributed by atoms with van der Waals surface area (Å²) in [5.74, 6) is -0.584. The van der Waals surface area contributed by atoms with Gasteiger partial charge >= 0.3 is 6.18 Å². The smallest absolute Gasteiger partial charge is 0.348 e. The summed E-state index contributed by atoms with van der Waals surface area (Å²) in [6.07, 6.45) is -4.47. The standard InChI is InChI=1S/C18H16ClF3N2O2/c1-10-6-13(8-14(24-10)7-11(2)25)17(26)23-9-12-4-3-5-15(16(12)19)18(20,21)22/h3-6,8H,7,9H2,1-2H3,(H,23,26). The van der Waals surface area contributed by atoms with Gasteiger partial charge in [-0.1, -0.05) is 23.7 Å². The minimum atomic E-state index is -4.57. The Labute approximate surface area is 153 Å². The molecule has 0 radical (unpaired) electrons. The lowest BCUT2D eigenvalue weighted by molar-refractivity contribution is -0.137. The van der Waals surface area contributed by atoms with Crippen molar-refractivity contribution in [1.29, 1.82) is 0 Å². The second-order valence-electron chi connectivity index (χ2n) is 5.83. The number of carbonyl (C=O) groups excluding carboxylic acids is 2. The SMILES string of the molecule is CC(=O)Cc1cc(C(=O)NCc2cccc(C(F)(F)F)c2Cl)cc(C)n1. The van der Waals surface area contributed by atoms with E-state index in [1.165, 1.54) is 31.2 Å². The molecule has 26 heavy (non-hydrogen) atoms. The van der Waals surface area contributed by atoms with Crippen molar-refractivity contribution in [3.8, 4) is 0 Å². The molecule has 0 fully saturated rings. The molecule has 138 valence electrons. The number of benzene rings is 1. The Balaban J connectivity index is 2.17. The molecule has 2 aromatic rings. The van der Waals surface area contributed by atoms with Crippen molar-refractivity contribution in [2.75, 3.05) is 0 Å². The van der Waals surface area contributed by atoms with Gasteiger partial charge in [-0.25, -0.2) is 0 Å². The number of amides is 1. The fraction of sp³-hybridized carbons (Fsp3) is 0.278. The molecule has 0 saturated heterocycles. The number of Topliss-reactive ketones (excluding diaryl/α,β-unsaturated/α-hetero) is 1. The van der Waals surface area contributed by atoms with E-state index in [2.05, 4.69) is 10.3 Å². The lowest BCUT2D eigenvalue weighted by atomic mass is 10.1. The highest BCUT2D eigenvalue weighted by Gasteiger charge is 2.33. The zero-order valence-corrected chi connectivity index (χ0v) is 14.8. The van der Waals surface area contributed by atoms with Crippen LogP contribution in [-0.2, 0) is 23.9 Å². The van der Waals surface area contributed by atoms with E-state index >= 15 is 0 Å². The highest BCUT2D eigenvalue weighted by Crippen LogP contribution is 2.36. The number of aromatic nitrogens is 1. The third-order valence-corrected chi connectivity index (χ3v) is 3.97. The van der Waals surface area contributed by atoms with Crippen LogP contribution >= 0.6 is 11.6 Å². The maximum absolute atomic E-state index is 12.9. The Morgan fingerprint density at radius 2 is 1.92 bits per heavy atom. The van der Waals surface area contributed by atoms with Gasteiger partial charge in [0.05, 0.1) is 10.6 Å². The van der Waals surface area contributed by atoms with E-state index in [9.17, 15) is 22.8 Å². The molecule has 4 nitrogen and oxygen atoms in total. The van der Waals surface area contributed by atoms with Crippen molar-refractivity contribution >= 4 is 23.3 Å². The van der Waals surface area contributed by atoms with E-state index in [0.717, 1.165) is 6.07 Å². The van der Waals surface area contributed by atoms with Gasteiger partial charge in [0, 0.05) is 29.9 Å². The number of nitrogens with zero attached hydrogens (tertiary/aromatic N) is 1. The first-order valence-electron chi connectivity index (χ1n) is 7.67. The Hall–Kier alpha value is -2.41. The van der Waals surface area contributed by atoms with Gasteiger partial charge in [0.15, 0.2) is 0 Å². The highest BCUT2D eigenvalue weighted by atomic mass is 35.5. The molecule has 0 spiro atoms. The van der Waals surface area contributed by atoms with Crippen LogP contribution < -0.4 is 5.32 Å². The Kier molecular flexibility index (Phi) is 6.02. The number of alkyl halides is 3. The molecule has 0 aliphatic rings. The summed E-state index contributed by atoms with van der Waals surface area (Å²) >= 11 is 5.81. The second-order valence-corrected chi connectivity index (χ2v) is 6.20. The van der Waals surface area contributed by atoms with E-state index in [0.29, 0.717) is 11.4 Å². The van der Waals surface area contributed by atoms with Crippen molar-refractivity contribution in [3.63, 3.8) is 0 Å². The average Bonchev–Trinajstić information content (AvgIpc) is 2.51. The van der Waals surface area contributed by atoms with E-state index < -0.39 is 22.7 Å². The van der Waals surface area contributed by atoms with Crippen LogP contribution in [0.25, 0.3) is 0 Å². The minimum absolute atomic E-state index is 0.0924. The fourth-order valence-corrected chi connectivity index (χ4v) is 2.73. The van der Waals surface area contributed by atoms with Gasteiger partial charge in [-0.15, -0.1) is 0 Å². The van der Waals surface area contributed by atoms with Crippen molar-refractivity contribution in [2.45, 2.75) is 33.0 Å². The van der Waals surface area contributed by atoms with Crippen LogP contribution in [0.4, 0.5) is 13.2 Å². The molecule has 1 aromatic carbocycles. The van der Waals surface area contributed by atoms with E-state index in [1.807, 2.05) is 0 Å². The van der Waals surface area contributed by atoms with Gasteiger partial charge in [-0.3, -0.25) is 14.6 Å². The first-order chi connectivity index (χ1) is 12.1. The van der Waals surface area contributed by atoms with Crippen LogP contribution in [0.5, 0.6) is 0 Å². The topological polar surface area (TPSA) is 59.1 Å². The van der Waals surface area contributed by atoms with Gasteiger partial charge in [0.2, 0.25) is 0 Å². The molecule has 1 N–H and O–H groups in total. The Morgan fingerprint density at radius 1 is 1.23 bits per heavy atom. The van der Waals surface area contributed by atoms with Gasteiger partial charge in [0.1, 0.15) is 5.78 Å². The number of ketones is 1. The lowest BCUT2D eigenvalue weighted by Crippen LogP contribution is -2.24. The molecule has 0 aliphatic heterocycles. The first-order valence-corrected chi connectivity index (χ1v) is 8.05. The molecule has 0 aliphatic carbocycles. The largest absolute Gasteiger partial charge is 0.417 e. The molecular weight excluding hydrogens is 369 g/mol. The molecule has 0 saturated carbocycles. The number of hydrogen-bond acceptors (Lipinski definition) is 3. The zero-order chi connectivity index (χ0) is 19.5. The quantitative estimate of drug-likeness (QED) is 0.843. The molecule has 1 aromatic heterocycles. The number of nitrogens with one attached hydrogen (secondary N) is 1. The van der Waals surface area contributed by atoms with Crippen molar-refractivity contribution < 1.29 is 22.8 Å². The van der Waals surface area contributed by atoms with Gasteiger partial charge in [-0.05, 0) is 37.6 Å². The molecule has 8 heteroatoms.